The van der Waals surface area contributed by atoms with E-state index < -0.39 is 0 Å². The van der Waals surface area contributed by atoms with Crippen LogP contribution in [0.3, 0.4) is 0 Å². The Morgan fingerprint density at radius 1 is 1.36 bits per heavy atom. The highest BCUT2D eigenvalue weighted by molar-refractivity contribution is 5.74. The van der Waals surface area contributed by atoms with Crippen LogP contribution in [0, 0.1) is 6.92 Å². The lowest BCUT2D eigenvalue weighted by molar-refractivity contribution is 0.227. The Morgan fingerprint density at radius 3 is 2.84 bits per heavy atom. The summed E-state index contributed by atoms with van der Waals surface area (Å²) in [7, 11) is 4.06. The third-order valence-electron chi connectivity index (χ3n) is 4.89. The Hall–Kier alpha value is -2.34. The fourth-order valence-electron chi connectivity index (χ4n) is 3.39. The summed E-state index contributed by atoms with van der Waals surface area (Å²) >= 11 is 0. The summed E-state index contributed by atoms with van der Waals surface area (Å²) in [5.74, 6) is 0. The van der Waals surface area contributed by atoms with Crippen molar-refractivity contribution in [1.82, 2.24) is 25.7 Å². The number of benzene rings is 1. The lowest BCUT2D eigenvalue weighted by Gasteiger charge is -2.27. The number of aromatic amines is 1. The number of nitrogens with one attached hydrogen (secondary N) is 3. The number of rotatable bonds is 5. The largest absolute Gasteiger partial charge is 0.336 e. The highest BCUT2D eigenvalue weighted by atomic mass is 16.2. The molecule has 134 valence electrons. The zero-order valence-electron chi connectivity index (χ0n) is 15.2. The number of nitrogens with zero attached hydrogens (tertiary/aromatic N) is 2. The van der Waals surface area contributed by atoms with Gasteiger partial charge >= 0.3 is 6.03 Å². The number of carbonyl (C=O) groups is 1. The number of hydrogen-bond donors (Lipinski definition) is 3. The molecule has 0 fully saturated rings. The van der Waals surface area contributed by atoms with Gasteiger partial charge in [-0.1, -0.05) is 29.8 Å². The number of carbonyl (C=O) groups excluding carboxylic acids is 1. The van der Waals surface area contributed by atoms with E-state index in [2.05, 4.69) is 56.9 Å². The van der Waals surface area contributed by atoms with E-state index in [9.17, 15) is 4.79 Å². The van der Waals surface area contributed by atoms with E-state index in [0.29, 0.717) is 6.54 Å². The number of H-pyrrole nitrogens is 1. The second-order valence-electron chi connectivity index (χ2n) is 7.00. The minimum atomic E-state index is -0.133. The normalized spacial score (nSPS) is 17.8. The van der Waals surface area contributed by atoms with Crippen LogP contribution in [0.15, 0.2) is 30.5 Å². The molecule has 2 aromatic rings. The Labute approximate surface area is 149 Å². The molecular weight excluding hydrogens is 314 g/mol. The predicted octanol–water partition coefficient (Wildman–Crippen LogP) is 2.70. The van der Waals surface area contributed by atoms with Gasteiger partial charge in [0.15, 0.2) is 0 Å². The summed E-state index contributed by atoms with van der Waals surface area (Å²) in [4.78, 5) is 14.5. The summed E-state index contributed by atoms with van der Waals surface area (Å²) in [6.45, 7) is 2.64. The summed E-state index contributed by atoms with van der Waals surface area (Å²) in [6.07, 6.45) is 4.90. The average molecular weight is 341 g/mol. The molecule has 1 aromatic heterocycles. The van der Waals surface area contributed by atoms with E-state index in [4.69, 9.17) is 0 Å². The van der Waals surface area contributed by atoms with Crippen molar-refractivity contribution < 1.29 is 4.79 Å². The number of aromatic nitrogens is 2. The first-order valence-corrected chi connectivity index (χ1v) is 8.84. The van der Waals surface area contributed by atoms with Gasteiger partial charge in [0.25, 0.3) is 0 Å². The van der Waals surface area contributed by atoms with Crippen LogP contribution in [-0.4, -0.2) is 41.8 Å². The first-order chi connectivity index (χ1) is 12.0. The molecular formula is C19H27N5O. The van der Waals surface area contributed by atoms with Crippen LogP contribution < -0.4 is 10.6 Å². The zero-order valence-corrected chi connectivity index (χ0v) is 15.2. The Bertz CT molecular complexity index is 707. The van der Waals surface area contributed by atoms with Crippen LogP contribution >= 0.6 is 0 Å². The van der Waals surface area contributed by atoms with Crippen molar-refractivity contribution in [2.75, 3.05) is 20.6 Å². The van der Waals surface area contributed by atoms with Crippen LogP contribution in [0.25, 0.3) is 0 Å². The van der Waals surface area contributed by atoms with Gasteiger partial charge in [-0.2, -0.15) is 5.10 Å². The maximum atomic E-state index is 12.4. The molecule has 25 heavy (non-hydrogen) atoms. The van der Waals surface area contributed by atoms with Gasteiger partial charge in [-0.3, -0.25) is 5.10 Å². The maximum absolute atomic E-state index is 12.4. The molecule has 3 rings (SSSR count). The number of urea groups is 1. The number of hydrogen-bond acceptors (Lipinski definition) is 3. The molecule has 0 bridgehead atoms. The van der Waals surface area contributed by atoms with Gasteiger partial charge in [0.1, 0.15) is 0 Å². The fraction of sp³-hybridized carbons (Fsp3) is 0.474. The van der Waals surface area contributed by atoms with Crippen LogP contribution in [0.4, 0.5) is 4.79 Å². The molecule has 1 heterocycles. The number of aryl methyl sites for hydroxylation is 2. The first kappa shape index (κ1) is 17.5. The molecule has 1 aliphatic rings. The molecule has 6 nitrogen and oxygen atoms in total. The maximum Gasteiger partial charge on any atom is 0.315 e. The molecule has 2 unspecified atom stereocenters. The van der Waals surface area contributed by atoms with Gasteiger partial charge in [0.05, 0.1) is 24.0 Å². The van der Waals surface area contributed by atoms with Crippen molar-refractivity contribution in [3.63, 3.8) is 0 Å². The summed E-state index contributed by atoms with van der Waals surface area (Å²) in [5.41, 5.74) is 4.69. The molecule has 0 saturated heterocycles. The van der Waals surface area contributed by atoms with Gasteiger partial charge in [-0.15, -0.1) is 0 Å². The fourth-order valence-corrected chi connectivity index (χ4v) is 3.39. The van der Waals surface area contributed by atoms with Crippen molar-refractivity contribution in [1.29, 1.82) is 0 Å². The second-order valence-corrected chi connectivity index (χ2v) is 7.00. The van der Waals surface area contributed by atoms with Gasteiger partial charge < -0.3 is 15.5 Å². The molecule has 3 N–H and O–H groups in total. The molecule has 0 radical (unpaired) electrons. The van der Waals surface area contributed by atoms with E-state index in [0.717, 1.165) is 25.0 Å². The van der Waals surface area contributed by atoms with E-state index in [1.807, 2.05) is 20.3 Å². The van der Waals surface area contributed by atoms with Crippen molar-refractivity contribution in [2.24, 2.45) is 0 Å². The topological polar surface area (TPSA) is 73.0 Å². The monoisotopic (exact) mass is 341 g/mol. The lowest BCUT2D eigenvalue weighted by atomic mass is 9.94. The summed E-state index contributed by atoms with van der Waals surface area (Å²) in [5, 5.41) is 13.2. The Balaban J connectivity index is 1.58. The highest BCUT2D eigenvalue weighted by Crippen LogP contribution is 2.27. The molecule has 0 saturated carbocycles. The van der Waals surface area contributed by atoms with Crippen LogP contribution in [0.2, 0.25) is 0 Å². The van der Waals surface area contributed by atoms with E-state index in [1.54, 1.807) is 0 Å². The molecule has 6 heteroatoms. The van der Waals surface area contributed by atoms with Crippen LogP contribution in [0.5, 0.6) is 0 Å². The summed E-state index contributed by atoms with van der Waals surface area (Å²) < 4.78 is 0. The van der Waals surface area contributed by atoms with Crippen molar-refractivity contribution >= 4 is 6.03 Å². The van der Waals surface area contributed by atoms with E-state index in [-0.39, 0.29) is 18.1 Å². The average Bonchev–Trinajstić information content (AvgIpc) is 3.06. The third-order valence-corrected chi connectivity index (χ3v) is 4.89. The number of fused-ring (bicyclic) bond motifs is 1. The van der Waals surface area contributed by atoms with Gasteiger partial charge in [0.2, 0.25) is 0 Å². The van der Waals surface area contributed by atoms with E-state index >= 15 is 0 Å². The number of amides is 2. The number of likely N-dealkylation sites (N-methyl/N-ethyl adjacent to an activating group) is 1. The SMILES string of the molecule is Cc1ccc(C(CNC(=O)NC2CCCc3cn[nH]c32)N(C)C)cc1. The minimum Gasteiger partial charge on any atom is -0.336 e. The highest BCUT2D eigenvalue weighted by Gasteiger charge is 2.24. The van der Waals surface area contributed by atoms with Crippen LogP contribution in [-0.2, 0) is 6.42 Å². The third kappa shape index (κ3) is 4.20. The quantitative estimate of drug-likeness (QED) is 0.783. The smallest absolute Gasteiger partial charge is 0.315 e. The second kappa shape index (κ2) is 7.70. The predicted molar refractivity (Wildman–Crippen MR) is 98.4 cm³/mol. The van der Waals surface area contributed by atoms with Crippen molar-refractivity contribution in [2.45, 2.75) is 38.3 Å². The standard InChI is InChI=1S/C19H27N5O/c1-13-7-9-14(10-8-13)17(24(2)3)12-20-19(25)22-16-6-4-5-15-11-21-23-18(15)16/h7-11,16-17H,4-6,12H2,1-3H3,(H,21,23)(H2,20,22,25). The summed E-state index contributed by atoms with van der Waals surface area (Å²) in [6, 6.07) is 8.48. The lowest BCUT2D eigenvalue weighted by Crippen LogP contribution is -2.42. The molecule has 1 aromatic carbocycles. The Morgan fingerprint density at radius 2 is 2.12 bits per heavy atom. The van der Waals surface area contributed by atoms with Gasteiger partial charge in [0, 0.05) is 6.54 Å². The van der Waals surface area contributed by atoms with Crippen molar-refractivity contribution in [3.05, 3.63) is 52.8 Å². The molecule has 2 atom stereocenters. The van der Waals surface area contributed by atoms with Crippen LogP contribution in [0.1, 0.15) is 47.3 Å². The minimum absolute atomic E-state index is 0.0171. The van der Waals surface area contributed by atoms with Gasteiger partial charge in [-0.25, -0.2) is 4.79 Å². The van der Waals surface area contributed by atoms with Crippen molar-refractivity contribution in [3.8, 4) is 0 Å². The van der Waals surface area contributed by atoms with E-state index in [1.165, 1.54) is 16.7 Å². The first-order valence-electron chi connectivity index (χ1n) is 8.84. The Kier molecular flexibility index (Phi) is 5.38. The van der Waals surface area contributed by atoms with Gasteiger partial charge in [-0.05, 0) is 51.4 Å². The molecule has 2 amide bonds. The molecule has 0 aliphatic heterocycles. The zero-order chi connectivity index (χ0) is 17.8. The molecule has 1 aliphatic carbocycles. The molecule has 0 spiro atoms.